The van der Waals surface area contributed by atoms with Crippen LogP contribution in [0.2, 0.25) is 0 Å². The lowest BCUT2D eigenvalue weighted by Crippen LogP contribution is -2.42. The summed E-state index contributed by atoms with van der Waals surface area (Å²) >= 11 is 0. The summed E-state index contributed by atoms with van der Waals surface area (Å²) in [6.45, 7) is 2.32. The van der Waals surface area contributed by atoms with Gasteiger partial charge in [0.2, 0.25) is 11.8 Å². The lowest BCUT2D eigenvalue weighted by molar-refractivity contribution is -0.134. The molecule has 1 N–H and O–H groups in total. The number of amides is 2. The summed E-state index contributed by atoms with van der Waals surface area (Å²) in [4.78, 5) is 25.3. The van der Waals surface area contributed by atoms with Crippen LogP contribution in [0.5, 0.6) is 0 Å². The third-order valence-corrected chi connectivity index (χ3v) is 3.26. The fraction of sp³-hybridized carbons (Fsp3) is 0.357. The normalized spacial score (nSPS) is 16.0. The van der Waals surface area contributed by atoms with Crippen LogP contribution >= 0.6 is 0 Å². The molecule has 0 radical (unpaired) electrons. The highest BCUT2D eigenvalue weighted by Gasteiger charge is 2.29. The Morgan fingerprint density at radius 1 is 1.47 bits per heavy atom. The van der Waals surface area contributed by atoms with E-state index in [-0.39, 0.29) is 11.8 Å². The summed E-state index contributed by atoms with van der Waals surface area (Å²) in [5.74, 6) is -0.255. The second-order valence-electron chi connectivity index (χ2n) is 4.51. The third-order valence-electron chi connectivity index (χ3n) is 3.26. The van der Waals surface area contributed by atoms with Crippen LogP contribution in [0.1, 0.15) is 25.3 Å². The SMILES string of the molecule is CC(C(=O)Nc1ccccc1C#N)N1CCCC1=O. The van der Waals surface area contributed by atoms with Crippen LogP contribution in [0, 0.1) is 11.3 Å². The highest BCUT2D eigenvalue weighted by Crippen LogP contribution is 2.17. The molecule has 0 aromatic heterocycles. The van der Waals surface area contributed by atoms with Crippen LogP contribution in [0.3, 0.4) is 0 Å². The molecule has 1 saturated heterocycles. The summed E-state index contributed by atoms with van der Waals surface area (Å²) < 4.78 is 0. The summed E-state index contributed by atoms with van der Waals surface area (Å²) in [7, 11) is 0. The van der Waals surface area contributed by atoms with E-state index in [2.05, 4.69) is 5.32 Å². The quantitative estimate of drug-likeness (QED) is 0.892. The van der Waals surface area contributed by atoms with Gasteiger partial charge in [-0.2, -0.15) is 5.26 Å². The van der Waals surface area contributed by atoms with Gasteiger partial charge in [0.15, 0.2) is 0 Å². The molecule has 2 amide bonds. The molecule has 1 unspecified atom stereocenters. The van der Waals surface area contributed by atoms with Gasteiger partial charge in [0, 0.05) is 13.0 Å². The van der Waals surface area contributed by atoms with Crippen molar-refractivity contribution in [3.05, 3.63) is 29.8 Å². The van der Waals surface area contributed by atoms with E-state index in [1.807, 2.05) is 6.07 Å². The average Bonchev–Trinajstić information content (AvgIpc) is 2.84. The van der Waals surface area contributed by atoms with Crippen LogP contribution in [-0.2, 0) is 9.59 Å². The van der Waals surface area contributed by atoms with E-state index in [1.165, 1.54) is 0 Å². The van der Waals surface area contributed by atoms with Gasteiger partial charge in [-0.25, -0.2) is 0 Å². The van der Waals surface area contributed by atoms with Crippen molar-refractivity contribution in [2.75, 3.05) is 11.9 Å². The lowest BCUT2D eigenvalue weighted by Gasteiger charge is -2.23. The molecule has 5 heteroatoms. The van der Waals surface area contributed by atoms with Crippen molar-refractivity contribution in [3.63, 3.8) is 0 Å². The average molecular weight is 257 g/mol. The first-order valence-corrected chi connectivity index (χ1v) is 6.23. The molecule has 0 saturated carbocycles. The van der Waals surface area contributed by atoms with E-state index in [0.717, 1.165) is 6.42 Å². The van der Waals surface area contributed by atoms with Gasteiger partial charge in [0.25, 0.3) is 0 Å². The van der Waals surface area contributed by atoms with Gasteiger partial charge < -0.3 is 10.2 Å². The van der Waals surface area contributed by atoms with E-state index < -0.39 is 6.04 Å². The first-order valence-electron chi connectivity index (χ1n) is 6.23. The van der Waals surface area contributed by atoms with Gasteiger partial charge in [0.1, 0.15) is 12.1 Å². The van der Waals surface area contributed by atoms with Gasteiger partial charge in [-0.15, -0.1) is 0 Å². The predicted molar refractivity (Wildman–Crippen MR) is 70.2 cm³/mol. The number of nitriles is 1. The number of para-hydroxylation sites is 1. The maximum absolute atomic E-state index is 12.1. The molecule has 2 rings (SSSR count). The number of likely N-dealkylation sites (tertiary alicyclic amines) is 1. The van der Waals surface area contributed by atoms with Gasteiger partial charge in [-0.05, 0) is 25.5 Å². The Morgan fingerprint density at radius 3 is 2.84 bits per heavy atom. The molecule has 1 atom stereocenters. The number of anilines is 1. The number of carbonyl (C=O) groups excluding carboxylic acids is 2. The molecule has 1 heterocycles. The number of hydrogen-bond acceptors (Lipinski definition) is 3. The Morgan fingerprint density at radius 2 is 2.21 bits per heavy atom. The van der Waals surface area contributed by atoms with Crippen molar-refractivity contribution in [2.45, 2.75) is 25.8 Å². The lowest BCUT2D eigenvalue weighted by atomic mass is 10.2. The maximum Gasteiger partial charge on any atom is 0.246 e. The molecule has 0 aliphatic carbocycles. The second-order valence-corrected chi connectivity index (χ2v) is 4.51. The third kappa shape index (κ3) is 2.74. The van der Waals surface area contributed by atoms with Crippen molar-refractivity contribution in [1.82, 2.24) is 4.90 Å². The standard InChI is InChI=1S/C14H15N3O2/c1-10(17-8-4-7-13(17)18)14(19)16-12-6-3-2-5-11(12)9-15/h2-3,5-6,10H,4,7-8H2,1H3,(H,16,19). The summed E-state index contributed by atoms with van der Waals surface area (Å²) in [5.41, 5.74) is 0.893. The monoisotopic (exact) mass is 257 g/mol. The molecule has 1 aromatic carbocycles. The van der Waals surface area contributed by atoms with Crippen molar-refractivity contribution in [1.29, 1.82) is 5.26 Å². The van der Waals surface area contributed by atoms with Crippen LogP contribution in [0.15, 0.2) is 24.3 Å². The molecule has 19 heavy (non-hydrogen) atoms. The molecular weight excluding hydrogens is 242 g/mol. The van der Waals surface area contributed by atoms with Crippen LogP contribution < -0.4 is 5.32 Å². The highest BCUT2D eigenvalue weighted by molar-refractivity contribution is 5.98. The number of rotatable bonds is 3. The van der Waals surface area contributed by atoms with Crippen molar-refractivity contribution >= 4 is 17.5 Å². The Balaban J connectivity index is 2.09. The minimum atomic E-state index is -0.512. The highest BCUT2D eigenvalue weighted by atomic mass is 16.2. The summed E-state index contributed by atoms with van der Waals surface area (Å²) in [6.07, 6.45) is 1.30. The minimum Gasteiger partial charge on any atom is -0.331 e. The van der Waals surface area contributed by atoms with Crippen LogP contribution in [0.4, 0.5) is 5.69 Å². The van der Waals surface area contributed by atoms with Crippen LogP contribution in [-0.4, -0.2) is 29.3 Å². The van der Waals surface area contributed by atoms with Gasteiger partial charge >= 0.3 is 0 Å². The molecular formula is C14H15N3O2. The number of nitrogens with zero attached hydrogens (tertiary/aromatic N) is 2. The molecule has 0 spiro atoms. The Hall–Kier alpha value is -2.35. The zero-order chi connectivity index (χ0) is 13.8. The number of benzene rings is 1. The molecule has 1 aliphatic heterocycles. The fourth-order valence-electron chi connectivity index (χ4n) is 2.15. The molecule has 98 valence electrons. The zero-order valence-corrected chi connectivity index (χ0v) is 10.7. The molecule has 1 aromatic rings. The van der Waals surface area contributed by atoms with Crippen molar-refractivity contribution < 1.29 is 9.59 Å². The predicted octanol–water partition coefficient (Wildman–Crippen LogP) is 1.51. The second kappa shape index (κ2) is 5.53. The molecule has 1 fully saturated rings. The van der Waals surface area contributed by atoms with Gasteiger partial charge in [0.05, 0.1) is 11.3 Å². The summed E-state index contributed by atoms with van der Waals surface area (Å²) in [6, 6.07) is 8.32. The first-order chi connectivity index (χ1) is 9.13. The van der Waals surface area contributed by atoms with E-state index in [1.54, 1.807) is 36.1 Å². The van der Waals surface area contributed by atoms with Crippen molar-refractivity contribution in [2.24, 2.45) is 0 Å². The van der Waals surface area contributed by atoms with Gasteiger partial charge in [-0.3, -0.25) is 9.59 Å². The Labute approximate surface area is 111 Å². The first kappa shape index (κ1) is 13.1. The van der Waals surface area contributed by atoms with Gasteiger partial charge in [-0.1, -0.05) is 12.1 Å². The zero-order valence-electron chi connectivity index (χ0n) is 10.7. The summed E-state index contributed by atoms with van der Waals surface area (Å²) in [5, 5.41) is 11.7. The van der Waals surface area contributed by atoms with Crippen LogP contribution in [0.25, 0.3) is 0 Å². The van der Waals surface area contributed by atoms with E-state index in [9.17, 15) is 9.59 Å². The number of carbonyl (C=O) groups is 2. The topological polar surface area (TPSA) is 73.2 Å². The minimum absolute atomic E-state index is 0.0104. The Bertz CT molecular complexity index is 548. The smallest absolute Gasteiger partial charge is 0.246 e. The largest absolute Gasteiger partial charge is 0.331 e. The van der Waals surface area contributed by atoms with E-state index >= 15 is 0 Å². The molecule has 1 aliphatic rings. The number of hydrogen-bond donors (Lipinski definition) is 1. The maximum atomic E-state index is 12.1. The Kier molecular flexibility index (Phi) is 3.81. The fourth-order valence-corrected chi connectivity index (χ4v) is 2.15. The van der Waals surface area contributed by atoms with Crippen molar-refractivity contribution in [3.8, 4) is 6.07 Å². The molecule has 5 nitrogen and oxygen atoms in total. The number of nitrogens with one attached hydrogen (secondary N) is 1. The molecule has 0 bridgehead atoms. The van der Waals surface area contributed by atoms with E-state index in [4.69, 9.17) is 5.26 Å². The van der Waals surface area contributed by atoms with E-state index in [0.29, 0.717) is 24.2 Å².